The molecule has 0 aliphatic heterocycles. The molecule has 0 aromatic heterocycles. The van der Waals surface area contributed by atoms with E-state index in [0.717, 1.165) is 38.9 Å². The Hall–Kier alpha value is -1.65. The molecule has 3 rings (SSSR count). The molecule has 2 heteroatoms. The van der Waals surface area contributed by atoms with Crippen molar-refractivity contribution in [2.45, 2.75) is 19.3 Å². The molecule has 0 fully saturated rings. The van der Waals surface area contributed by atoms with Gasteiger partial charge < -0.3 is 4.90 Å². The number of hydrogen-bond acceptors (Lipinski definition) is 1. The van der Waals surface area contributed by atoms with Gasteiger partial charge in [0.05, 0.1) is 0 Å². The highest BCUT2D eigenvalue weighted by Gasteiger charge is 2.08. The maximum atomic E-state index is 2.61. The van der Waals surface area contributed by atoms with Crippen molar-refractivity contribution >= 4 is 22.6 Å². The minimum Gasteiger partial charge on any atom is -0.302 e. The standard InChI is InChI=1S/C24H26IN/c25-24-14-8-7-13-23(24)17-20-26(18-15-21-9-3-1-4-10-21)19-16-22-11-5-2-6-12-22/h1-14H,15-20H2. The van der Waals surface area contributed by atoms with Crippen LogP contribution in [0.4, 0.5) is 0 Å². The second-order valence-corrected chi connectivity index (χ2v) is 7.82. The largest absolute Gasteiger partial charge is 0.302 e. The Labute approximate surface area is 171 Å². The van der Waals surface area contributed by atoms with Gasteiger partial charge in [0.1, 0.15) is 0 Å². The first-order valence-electron chi connectivity index (χ1n) is 9.35. The summed E-state index contributed by atoms with van der Waals surface area (Å²) in [7, 11) is 0. The van der Waals surface area contributed by atoms with Crippen LogP contribution in [0.25, 0.3) is 0 Å². The van der Waals surface area contributed by atoms with Crippen LogP contribution in [0.15, 0.2) is 84.9 Å². The average molecular weight is 455 g/mol. The second-order valence-electron chi connectivity index (χ2n) is 6.65. The summed E-state index contributed by atoms with van der Waals surface area (Å²) in [6, 6.07) is 30.4. The van der Waals surface area contributed by atoms with Gasteiger partial charge in [-0.3, -0.25) is 0 Å². The maximum Gasteiger partial charge on any atom is 0.0162 e. The number of benzene rings is 3. The first kappa shape index (κ1) is 19.1. The maximum absolute atomic E-state index is 2.61. The summed E-state index contributed by atoms with van der Waals surface area (Å²) in [4.78, 5) is 2.61. The van der Waals surface area contributed by atoms with E-state index in [1.54, 1.807) is 0 Å². The number of halogens is 1. The molecule has 0 saturated carbocycles. The fourth-order valence-electron chi connectivity index (χ4n) is 3.18. The van der Waals surface area contributed by atoms with Gasteiger partial charge >= 0.3 is 0 Å². The van der Waals surface area contributed by atoms with Crippen LogP contribution in [0.3, 0.4) is 0 Å². The number of rotatable bonds is 9. The van der Waals surface area contributed by atoms with E-state index < -0.39 is 0 Å². The lowest BCUT2D eigenvalue weighted by Crippen LogP contribution is -2.30. The molecular formula is C24H26IN. The summed E-state index contributed by atoms with van der Waals surface area (Å²) in [5, 5.41) is 0. The van der Waals surface area contributed by atoms with E-state index in [1.807, 2.05) is 0 Å². The lowest BCUT2D eigenvalue weighted by molar-refractivity contribution is 0.283. The molecular weight excluding hydrogens is 429 g/mol. The highest BCUT2D eigenvalue weighted by molar-refractivity contribution is 14.1. The highest BCUT2D eigenvalue weighted by atomic mass is 127. The van der Waals surface area contributed by atoms with E-state index in [2.05, 4.69) is 112 Å². The molecule has 134 valence electrons. The smallest absolute Gasteiger partial charge is 0.0162 e. The van der Waals surface area contributed by atoms with Crippen LogP contribution in [0, 0.1) is 3.57 Å². The molecule has 0 heterocycles. The Morgan fingerprint density at radius 2 is 1.00 bits per heavy atom. The lowest BCUT2D eigenvalue weighted by Gasteiger charge is -2.23. The van der Waals surface area contributed by atoms with E-state index in [9.17, 15) is 0 Å². The van der Waals surface area contributed by atoms with Crippen molar-refractivity contribution in [1.82, 2.24) is 4.90 Å². The average Bonchev–Trinajstić information content (AvgIpc) is 2.70. The zero-order valence-corrected chi connectivity index (χ0v) is 17.3. The summed E-state index contributed by atoms with van der Waals surface area (Å²) in [6.45, 7) is 3.33. The van der Waals surface area contributed by atoms with Crippen LogP contribution in [-0.2, 0) is 19.3 Å². The van der Waals surface area contributed by atoms with Gasteiger partial charge in [-0.2, -0.15) is 0 Å². The van der Waals surface area contributed by atoms with E-state index in [4.69, 9.17) is 0 Å². The second kappa shape index (κ2) is 10.5. The normalized spacial score (nSPS) is 11.0. The van der Waals surface area contributed by atoms with E-state index in [-0.39, 0.29) is 0 Å². The predicted octanol–water partition coefficient (Wildman–Crippen LogP) is 5.62. The van der Waals surface area contributed by atoms with Crippen molar-refractivity contribution in [3.05, 3.63) is 105 Å². The zero-order valence-electron chi connectivity index (χ0n) is 15.2. The molecule has 1 nitrogen and oxygen atoms in total. The van der Waals surface area contributed by atoms with Crippen LogP contribution >= 0.6 is 22.6 Å². The molecule has 0 bridgehead atoms. The number of hydrogen-bond donors (Lipinski definition) is 0. The Balaban J connectivity index is 1.59. The predicted molar refractivity (Wildman–Crippen MR) is 120 cm³/mol. The van der Waals surface area contributed by atoms with Crippen LogP contribution in [0.1, 0.15) is 16.7 Å². The van der Waals surface area contributed by atoms with Crippen LogP contribution < -0.4 is 0 Å². The van der Waals surface area contributed by atoms with E-state index in [1.165, 1.54) is 20.3 Å². The topological polar surface area (TPSA) is 3.24 Å². The van der Waals surface area contributed by atoms with Crippen molar-refractivity contribution in [2.24, 2.45) is 0 Å². The first-order chi connectivity index (χ1) is 12.8. The zero-order chi connectivity index (χ0) is 18.0. The van der Waals surface area contributed by atoms with E-state index in [0.29, 0.717) is 0 Å². The van der Waals surface area contributed by atoms with Crippen molar-refractivity contribution in [1.29, 1.82) is 0 Å². The van der Waals surface area contributed by atoms with Crippen molar-refractivity contribution < 1.29 is 0 Å². The molecule has 0 saturated heterocycles. The van der Waals surface area contributed by atoms with Crippen molar-refractivity contribution in [3.63, 3.8) is 0 Å². The summed E-state index contributed by atoms with van der Waals surface area (Å²) in [5.74, 6) is 0. The molecule has 0 aliphatic carbocycles. The molecule has 3 aromatic rings. The fourth-order valence-corrected chi connectivity index (χ4v) is 3.84. The lowest BCUT2D eigenvalue weighted by atomic mass is 10.1. The molecule has 0 spiro atoms. The van der Waals surface area contributed by atoms with Crippen molar-refractivity contribution in [3.8, 4) is 0 Å². The summed E-state index contributed by atoms with van der Waals surface area (Å²) >= 11 is 2.45. The number of nitrogens with zero attached hydrogens (tertiary/aromatic N) is 1. The van der Waals surface area contributed by atoms with Gasteiger partial charge in [0.25, 0.3) is 0 Å². The Morgan fingerprint density at radius 1 is 0.538 bits per heavy atom. The monoisotopic (exact) mass is 455 g/mol. The van der Waals surface area contributed by atoms with Crippen LogP contribution in [0.2, 0.25) is 0 Å². The minimum absolute atomic E-state index is 1.11. The Morgan fingerprint density at radius 3 is 1.54 bits per heavy atom. The Kier molecular flexibility index (Phi) is 7.71. The Bertz CT molecular complexity index is 727. The molecule has 0 unspecified atom stereocenters. The molecule has 0 aliphatic rings. The third-order valence-corrected chi connectivity index (χ3v) is 5.83. The molecule has 26 heavy (non-hydrogen) atoms. The molecule has 3 aromatic carbocycles. The van der Waals surface area contributed by atoms with Gasteiger partial charge in [-0.05, 0) is 64.6 Å². The van der Waals surface area contributed by atoms with Crippen LogP contribution in [0.5, 0.6) is 0 Å². The molecule has 0 atom stereocenters. The van der Waals surface area contributed by atoms with Crippen molar-refractivity contribution in [2.75, 3.05) is 19.6 Å². The van der Waals surface area contributed by atoms with Gasteiger partial charge in [-0.1, -0.05) is 78.9 Å². The summed E-state index contributed by atoms with van der Waals surface area (Å²) < 4.78 is 1.37. The van der Waals surface area contributed by atoms with Gasteiger partial charge in [0, 0.05) is 23.2 Å². The third-order valence-electron chi connectivity index (χ3n) is 4.77. The van der Waals surface area contributed by atoms with Gasteiger partial charge in [-0.15, -0.1) is 0 Å². The highest BCUT2D eigenvalue weighted by Crippen LogP contribution is 2.13. The third kappa shape index (κ3) is 6.26. The van der Waals surface area contributed by atoms with E-state index >= 15 is 0 Å². The fraction of sp³-hybridized carbons (Fsp3) is 0.250. The quantitative estimate of drug-likeness (QED) is 0.379. The summed E-state index contributed by atoms with van der Waals surface area (Å²) in [5.41, 5.74) is 4.30. The molecule has 0 radical (unpaired) electrons. The first-order valence-corrected chi connectivity index (χ1v) is 10.4. The van der Waals surface area contributed by atoms with Gasteiger partial charge in [0.15, 0.2) is 0 Å². The van der Waals surface area contributed by atoms with Gasteiger partial charge in [-0.25, -0.2) is 0 Å². The van der Waals surface area contributed by atoms with Crippen LogP contribution in [-0.4, -0.2) is 24.5 Å². The SMILES string of the molecule is Ic1ccccc1CCN(CCc1ccccc1)CCc1ccccc1. The molecule has 0 amide bonds. The van der Waals surface area contributed by atoms with Gasteiger partial charge in [0.2, 0.25) is 0 Å². The summed E-state index contributed by atoms with van der Waals surface area (Å²) in [6.07, 6.45) is 3.34. The minimum atomic E-state index is 1.11. The molecule has 0 N–H and O–H groups in total.